The smallest absolute Gasteiger partial charge is 0.271 e. The lowest BCUT2D eigenvalue weighted by Gasteiger charge is -2.11. The number of methoxy groups -OCH3 is 1. The number of carbonyl (C=O) groups is 1. The Labute approximate surface area is 176 Å². The Balaban J connectivity index is 1.48. The molecule has 4 rings (SSSR count). The Morgan fingerprint density at radius 2 is 2.07 bits per heavy atom. The van der Waals surface area contributed by atoms with Crippen LogP contribution in [0.5, 0.6) is 5.75 Å². The normalized spacial score (nSPS) is 10.9. The number of imidazole rings is 1. The predicted molar refractivity (Wildman–Crippen MR) is 113 cm³/mol. The third-order valence-corrected chi connectivity index (χ3v) is 4.75. The van der Waals surface area contributed by atoms with E-state index in [2.05, 4.69) is 15.4 Å². The average molecular weight is 424 g/mol. The molecule has 0 saturated heterocycles. The van der Waals surface area contributed by atoms with Gasteiger partial charge in [-0.1, -0.05) is 17.7 Å². The number of fused-ring (bicyclic) bond motifs is 1. The molecule has 1 aromatic carbocycles. The zero-order chi connectivity index (χ0) is 21.1. The standard InChI is InChI=1S/C21H18ClN5O3/c1-30-18-12-14(22)5-6-15(18)16-7-8-20(28)27(25-16)11-9-23-21(29)17-13-26-10-3-2-4-19(26)24-17/h2-8,10,12-13H,9,11H2,1H3,(H,23,29). The van der Waals surface area contributed by atoms with Crippen molar-refractivity contribution in [3.8, 4) is 17.0 Å². The Kier molecular flexibility index (Phi) is 5.49. The van der Waals surface area contributed by atoms with Gasteiger partial charge in [0.15, 0.2) is 0 Å². The number of nitrogens with zero attached hydrogens (tertiary/aromatic N) is 4. The summed E-state index contributed by atoms with van der Waals surface area (Å²) in [5.41, 5.74) is 2.00. The lowest BCUT2D eigenvalue weighted by atomic mass is 10.1. The van der Waals surface area contributed by atoms with Gasteiger partial charge in [-0.25, -0.2) is 9.67 Å². The third-order valence-electron chi connectivity index (χ3n) is 4.51. The van der Waals surface area contributed by atoms with Crippen LogP contribution in [0.15, 0.2) is 65.7 Å². The second-order valence-corrected chi connectivity index (χ2v) is 6.91. The Morgan fingerprint density at radius 3 is 2.87 bits per heavy atom. The molecular weight excluding hydrogens is 406 g/mol. The summed E-state index contributed by atoms with van der Waals surface area (Å²) in [7, 11) is 1.54. The van der Waals surface area contributed by atoms with Gasteiger partial charge in [-0.2, -0.15) is 5.10 Å². The summed E-state index contributed by atoms with van der Waals surface area (Å²) in [4.78, 5) is 28.8. The van der Waals surface area contributed by atoms with E-state index >= 15 is 0 Å². The molecule has 9 heteroatoms. The minimum atomic E-state index is -0.317. The largest absolute Gasteiger partial charge is 0.496 e. The molecule has 0 aliphatic carbocycles. The van der Waals surface area contributed by atoms with Gasteiger partial charge >= 0.3 is 0 Å². The molecule has 4 aromatic rings. The number of pyridine rings is 1. The van der Waals surface area contributed by atoms with Gasteiger partial charge in [-0.15, -0.1) is 0 Å². The van der Waals surface area contributed by atoms with Crippen LogP contribution in [-0.4, -0.2) is 38.7 Å². The van der Waals surface area contributed by atoms with Crippen molar-refractivity contribution in [2.45, 2.75) is 6.54 Å². The van der Waals surface area contributed by atoms with E-state index in [9.17, 15) is 9.59 Å². The molecule has 1 amide bonds. The average Bonchev–Trinajstić information content (AvgIpc) is 3.19. The molecule has 0 unspecified atom stereocenters. The van der Waals surface area contributed by atoms with Gasteiger partial charge in [-0.05, 0) is 36.4 Å². The highest BCUT2D eigenvalue weighted by Gasteiger charge is 2.12. The predicted octanol–water partition coefficient (Wildman–Crippen LogP) is 2.65. The number of amides is 1. The van der Waals surface area contributed by atoms with E-state index in [1.807, 2.05) is 24.4 Å². The first-order valence-electron chi connectivity index (χ1n) is 9.19. The molecule has 0 fully saturated rings. The summed E-state index contributed by atoms with van der Waals surface area (Å²) in [5.74, 6) is 0.239. The summed E-state index contributed by atoms with van der Waals surface area (Å²) in [6.45, 7) is 0.433. The van der Waals surface area contributed by atoms with Crippen molar-refractivity contribution in [3.63, 3.8) is 0 Å². The van der Waals surface area contributed by atoms with Crippen molar-refractivity contribution in [2.24, 2.45) is 0 Å². The molecular formula is C21H18ClN5O3. The SMILES string of the molecule is COc1cc(Cl)ccc1-c1ccc(=O)n(CCNC(=O)c2cn3ccccc3n2)n1. The van der Waals surface area contributed by atoms with Crippen molar-refractivity contribution in [1.82, 2.24) is 24.5 Å². The maximum Gasteiger partial charge on any atom is 0.271 e. The summed E-state index contributed by atoms with van der Waals surface area (Å²) in [6.07, 6.45) is 3.47. The van der Waals surface area contributed by atoms with Gasteiger partial charge in [0.05, 0.1) is 19.3 Å². The van der Waals surface area contributed by atoms with Crippen LogP contribution in [0.3, 0.4) is 0 Å². The molecule has 0 atom stereocenters. The van der Waals surface area contributed by atoms with Gasteiger partial charge in [0.2, 0.25) is 0 Å². The molecule has 0 aliphatic rings. The molecule has 3 heterocycles. The molecule has 8 nitrogen and oxygen atoms in total. The van der Waals surface area contributed by atoms with E-state index in [4.69, 9.17) is 16.3 Å². The van der Waals surface area contributed by atoms with Gasteiger partial charge in [0.25, 0.3) is 11.5 Å². The van der Waals surface area contributed by atoms with Crippen LogP contribution in [0.4, 0.5) is 0 Å². The van der Waals surface area contributed by atoms with Gasteiger partial charge in [0, 0.05) is 35.6 Å². The van der Waals surface area contributed by atoms with E-state index in [1.165, 1.54) is 10.7 Å². The first-order valence-corrected chi connectivity index (χ1v) is 9.57. The number of hydrogen-bond acceptors (Lipinski definition) is 5. The van der Waals surface area contributed by atoms with Crippen molar-refractivity contribution < 1.29 is 9.53 Å². The topological polar surface area (TPSA) is 90.5 Å². The third kappa shape index (κ3) is 4.04. The maximum atomic E-state index is 12.4. The summed E-state index contributed by atoms with van der Waals surface area (Å²) in [5, 5.41) is 7.70. The minimum absolute atomic E-state index is 0.210. The number of rotatable bonds is 6. The van der Waals surface area contributed by atoms with Gasteiger partial charge < -0.3 is 14.5 Å². The summed E-state index contributed by atoms with van der Waals surface area (Å²) < 4.78 is 8.43. The molecule has 0 saturated carbocycles. The van der Waals surface area contributed by atoms with Crippen LogP contribution in [0.2, 0.25) is 5.02 Å². The number of hydrogen-bond donors (Lipinski definition) is 1. The molecule has 3 aromatic heterocycles. The second kappa shape index (κ2) is 8.38. The van der Waals surface area contributed by atoms with Crippen LogP contribution >= 0.6 is 11.6 Å². The molecule has 0 radical (unpaired) electrons. The first kappa shape index (κ1) is 19.7. The van der Waals surface area contributed by atoms with E-state index in [-0.39, 0.29) is 24.6 Å². The number of aromatic nitrogens is 4. The van der Waals surface area contributed by atoms with E-state index in [0.29, 0.717) is 33.4 Å². The van der Waals surface area contributed by atoms with Crippen molar-refractivity contribution in [1.29, 1.82) is 0 Å². The lowest BCUT2D eigenvalue weighted by Crippen LogP contribution is -2.32. The van der Waals surface area contributed by atoms with Gasteiger partial charge in [-0.3, -0.25) is 9.59 Å². The van der Waals surface area contributed by atoms with Crippen LogP contribution < -0.4 is 15.6 Å². The van der Waals surface area contributed by atoms with E-state index < -0.39 is 0 Å². The van der Waals surface area contributed by atoms with Crippen molar-refractivity contribution >= 4 is 23.2 Å². The summed E-state index contributed by atoms with van der Waals surface area (Å²) in [6, 6.07) is 13.8. The highest BCUT2D eigenvalue weighted by molar-refractivity contribution is 6.30. The molecule has 30 heavy (non-hydrogen) atoms. The number of benzene rings is 1. The number of carbonyl (C=O) groups excluding carboxylic acids is 1. The number of ether oxygens (including phenoxy) is 1. The molecule has 0 spiro atoms. The van der Waals surface area contributed by atoms with E-state index in [1.54, 1.807) is 42.0 Å². The molecule has 152 valence electrons. The maximum absolute atomic E-state index is 12.4. The van der Waals surface area contributed by atoms with Crippen LogP contribution in [-0.2, 0) is 6.54 Å². The number of nitrogens with one attached hydrogen (secondary N) is 1. The summed E-state index contributed by atoms with van der Waals surface area (Å²) >= 11 is 6.01. The van der Waals surface area contributed by atoms with Crippen molar-refractivity contribution in [2.75, 3.05) is 13.7 Å². The van der Waals surface area contributed by atoms with Crippen LogP contribution in [0.1, 0.15) is 10.5 Å². The highest BCUT2D eigenvalue weighted by atomic mass is 35.5. The Morgan fingerprint density at radius 1 is 1.20 bits per heavy atom. The Hall–Kier alpha value is -3.65. The zero-order valence-electron chi connectivity index (χ0n) is 16.1. The quantitative estimate of drug-likeness (QED) is 0.515. The van der Waals surface area contributed by atoms with Crippen LogP contribution in [0.25, 0.3) is 16.9 Å². The second-order valence-electron chi connectivity index (χ2n) is 6.47. The fourth-order valence-electron chi connectivity index (χ4n) is 3.04. The molecule has 0 aliphatic heterocycles. The fourth-order valence-corrected chi connectivity index (χ4v) is 3.20. The lowest BCUT2D eigenvalue weighted by molar-refractivity contribution is 0.0947. The molecule has 1 N–H and O–H groups in total. The monoisotopic (exact) mass is 423 g/mol. The number of halogens is 1. The van der Waals surface area contributed by atoms with E-state index in [0.717, 1.165) is 0 Å². The van der Waals surface area contributed by atoms with Crippen molar-refractivity contribution in [3.05, 3.63) is 82.0 Å². The Bertz CT molecular complexity index is 1250. The zero-order valence-corrected chi connectivity index (χ0v) is 16.8. The van der Waals surface area contributed by atoms with Gasteiger partial charge in [0.1, 0.15) is 17.1 Å². The fraction of sp³-hybridized carbons (Fsp3) is 0.143. The minimum Gasteiger partial charge on any atom is -0.496 e. The first-order chi connectivity index (χ1) is 14.5. The van der Waals surface area contributed by atoms with Crippen LogP contribution in [0, 0.1) is 0 Å². The molecule has 0 bridgehead atoms. The highest BCUT2D eigenvalue weighted by Crippen LogP contribution is 2.30.